The molecule has 0 N–H and O–H groups in total. The fourth-order valence-electron chi connectivity index (χ4n) is 4.65. The molecule has 0 saturated carbocycles. The van der Waals surface area contributed by atoms with Gasteiger partial charge in [-0.3, -0.25) is 14.6 Å². The van der Waals surface area contributed by atoms with Gasteiger partial charge in [-0.25, -0.2) is 4.98 Å². The zero-order valence-electron chi connectivity index (χ0n) is 19.9. The minimum absolute atomic E-state index is 0. The van der Waals surface area contributed by atoms with E-state index in [4.69, 9.17) is 23.2 Å². The number of hydrogen-bond donors (Lipinski definition) is 0. The molecule has 188 valence electrons. The van der Waals surface area contributed by atoms with E-state index in [0.29, 0.717) is 28.8 Å². The van der Waals surface area contributed by atoms with Crippen molar-refractivity contribution in [2.75, 3.05) is 25.0 Å². The zero-order chi connectivity index (χ0) is 23.4. The lowest BCUT2D eigenvalue weighted by Crippen LogP contribution is -2.50. The van der Waals surface area contributed by atoms with Gasteiger partial charge in [-0.15, -0.1) is 24.8 Å². The second-order valence-corrected chi connectivity index (χ2v) is 9.71. The van der Waals surface area contributed by atoms with Crippen molar-refractivity contribution < 1.29 is 4.79 Å². The lowest BCUT2D eigenvalue weighted by molar-refractivity contribution is -0.120. The standard InChI is InChI=1S/C27H29Cl2N3O.2ClH/c1-20(21-8-4-3-5-9-21)31(2)17-15-27(22-11-12-23(28)24(29)18-22)14-13-26(33)32(19-27)25-10-6-7-16-30-25;;/h3-12,16,18,20H,13-15,17,19H2,1-2H3;2*1H/t20-,27+;;/m1../s1. The summed E-state index contributed by atoms with van der Waals surface area (Å²) in [6.45, 7) is 3.67. The summed E-state index contributed by atoms with van der Waals surface area (Å²) < 4.78 is 0. The maximum Gasteiger partial charge on any atom is 0.228 e. The Hall–Kier alpha value is -1.82. The fraction of sp³-hybridized carbons (Fsp3) is 0.333. The molecule has 1 aliphatic heterocycles. The number of benzene rings is 2. The molecule has 1 aliphatic rings. The number of pyridine rings is 1. The maximum atomic E-state index is 12.9. The molecule has 0 aliphatic carbocycles. The lowest BCUT2D eigenvalue weighted by atomic mass is 9.71. The van der Waals surface area contributed by atoms with Gasteiger partial charge in [-0.05, 0) is 68.8 Å². The Morgan fingerprint density at radius 3 is 2.40 bits per heavy atom. The molecular weight excluding hydrogens is 524 g/mol. The third kappa shape index (κ3) is 6.69. The van der Waals surface area contributed by atoms with Crippen LogP contribution in [0, 0.1) is 0 Å². The van der Waals surface area contributed by atoms with Crippen molar-refractivity contribution >= 4 is 59.7 Å². The molecule has 1 amide bonds. The third-order valence-corrected chi connectivity index (χ3v) is 7.66. The van der Waals surface area contributed by atoms with Crippen molar-refractivity contribution in [3.05, 3.63) is 94.1 Å². The first-order chi connectivity index (χ1) is 15.9. The summed E-state index contributed by atoms with van der Waals surface area (Å²) in [4.78, 5) is 21.5. The van der Waals surface area contributed by atoms with Crippen LogP contribution in [-0.4, -0.2) is 35.9 Å². The number of piperidine rings is 1. The van der Waals surface area contributed by atoms with Crippen LogP contribution in [0.2, 0.25) is 10.0 Å². The van der Waals surface area contributed by atoms with Crippen molar-refractivity contribution in [3.8, 4) is 0 Å². The monoisotopic (exact) mass is 553 g/mol. The molecule has 8 heteroatoms. The van der Waals surface area contributed by atoms with Crippen LogP contribution in [0.3, 0.4) is 0 Å². The molecule has 3 aromatic rings. The Bertz CT molecular complexity index is 1100. The number of halogens is 4. The van der Waals surface area contributed by atoms with E-state index in [-0.39, 0.29) is 42.2 Å². The Balaban J connectivity index is 0.00000216. The normalized spacial score (nSPS) is 18.5. The smallest absolute Gasteiger partial charge is 0.228 e. The topological polar surface area (TPSA) is 36.4 Å². The van der Waals surface area contributed by atoms with Crippen LogP contribution in [0.4, 0.5) is 5.82 Å². The van der Waals surface area contributed by atoms with Crippen molar-refractivity contribution in [3.63, 3.8) is 0 Å². The van der Waals surface area contributed by atoms with Crippen LogP contribution in [0.15, 0.2) is 72.9 Å². The minimum Gasteiger partial charge on any atom is -0.300 e. The number of carbonyl (C=O) groups excluding carboxylic acids is 1. The highest BCUT2D eigenvalue weighted by molar-refractivity contribution is 6.42. The summed E-state index contributed by atoms with van der Waals surface area (Å²) in [6, 6.07) is 22.4. The second-order valence-electron chi connectivity index (χ2n) is 8.89. The molecule has 4 nitrogen and oxygen atoms in total. The van der Waals surface area contributed by atoms with Crippen LogP contribution in [0.25, 0.3) is 0 Å². The molecule has 1 fully saturated rings. The zero-order valence-corrected chi connectivity index (χ0v) is 23.0. The van der Waals surface area contributed by atoms with E-state index in [9.17, 15) is 4.79 Å². The number of hydrogen-bond acceptors (Lipinski definition) is 3. The highest BCUT2D eigenvalue weighted by Gasteiger charge is 2.41. The van der Waals surface area contributed by atoms with E-state index in [0.717, 1.165) is 24.9 Å². The molecule has 0 radical (unpaired) electrons. The van der Waals surface area contributed by atoms with Crippen LogP contribution in [-0.2, 0) is 10.2 Å². The van der Waals surface area contributed by atoms with Gasteiger partial charge in [0.25, 0.3) is 0 Å². The Morgan fingerprint density at radius 1 is 1.03 bits per heavy atom. The van der Waals surface area contributed by atoms with Gasteiger partial charge in [0.05, 0.1) is 10.0 Å². The summed E-state index contributed by atoms with van der Waals surface area (Å²) in [5.74, 6) is 0.799. The lowest BCUT2D eigenvalue weighted by Gasteiger charge is -2.44. The van der Waals surface area contributed by atoms with Crippen LogP contribution >= 0.6 is 48.0 Å². The predicted octanol–water partition coefficient (Wildman–Crippen LogP) is 7.38. The van der Waals surface area contributed by atoms with Gasteiger partial charge >= 0.3 is 0 Å². The predicted molar refractivity (Wildman–Crippen MR) is 151 cm³/mol. The van der Waals surface area contributed by atoms with Crippen molar-refractivity contribution in [1.29, 1.82) is 0 Å². The molecule has 35 heavy (non-hydrogen) atoms. The van der Waals surface area contributed by atoms with Crippen LogP contribution < -0.4 is 4.90 Å². The first-order valence-electron chi connectivity index (χ1n) is 11.3. The first kappa shape index (κ1) is 29.4. The summed E-state index contributed by atoms with van der Waals surface area (Å²) in [5, 5.41) is 1.08. The SMILES string of the molecule is C[C@H](c1ccccc1)N(C)CC[C@@]1(c2ccc(Cl)c(Cl)c2)CCC(=O)N(c2ccccn2)C1.Cl.Cl. The molecule has 2 aromatic carbocycles. The van der Waals surface area contributed by atoms with E-state index in [1.165, 1.54) is 5.56 Å². The first-order valence-corrected chi connectivity index (χ1v) is 12.1. The van der Waals surface area contributed by atoms with Gasteiger partial charge in [0.2, 0.25) is 5.91 Å². The Kier molecular flexibility index (Phi) is 10.9. The van der Waals surface area contributed by atoms with Crippen molar-refractivity contribution in [2.45, 2.75) is 37.6 Å². The highest BCUT2D eigenvalue weighted by Crippen LogP contribution is 2.41. The van der Waals surface area contributed by atoms with E-state index in [1.807, 2.05) is 41.3 Å². The molecule has 2 atom stereocenters. The Morgan fingerprint density at radius 2 is 1.74 bits per heavy atom. The van der Waals surface area contributed by atoms with Gasteiger partial charge in [0.15, 0.2) is 0 Å². The van der Waals surface area contributed by atoms with Crippen molar-refractivity contribution in [1.82, 2.24) is 9.88 Å². The van der Waals surface area contributed by atoms with Gasteiger partial charge in [0, 0.05) is 30.6 Å². The average molecular weight is 555 g/mol. The largest absolute Gasteiger partial charge is 0.300 e. The van der Waals surface area contributed by atoms with Gasteiger partial charge < -0.3 is 0 Å². The minimum atomic E-state index is -0.246. The highest BCUT2D eigenvalue weighted by atomic mass is 35.5. The Labute approximate surface area is 230 Å². The fourth-order valence-corrected chi connectivity index (χ4v) is 4.95. The van der Waals surface area contributed by atoms with E-state index >= 15 is 0 Å². The van der Waals surface area contributed by atoms with E-state index in [2.05, 4.69) is 54.2 Å². The molecule has 0 spiro atoms. The second kappa shape index (κ2) is 12.9. The molecule has 1 saturated heterocycles. The molecule has 4 rings (SSSR count). The van der Waals surface area contributed by atoms with E-state index < -0.39 is 0 Å². The maximum absolute atomic E-state index is 12.9. The molecule has 1 aromatic heterocycles. The summed E-state index contributed by atoms with van der Waals surface area (Å²) in [6.07, 6.45) is 3.85. The molecule has 0 bridgehead atoms. The summed E-state index contributed by atoms with van der Waals surface area (Å²) in [7, 11) is 2.16. The number of amides is 1. The van der Waals surface area contributed by atoms with Gasteiger partial charge in [0.1, 0.15) is 5.82 Å². The molecular formula is C27H31Cl4N3O. The summed E-state index contributed by atoms with van der Waals surface area (Å²) >= 11 is 12.7. The third-order valence-electron chi connectivity index (χ3n) is 6.92. The molecule has 0 unspecified atom stereocenters. The quantitative estimate of drug-likeness (QED) is 0.305. The van der Waals surface area contributed by atoms with Crippen LogP contribution in [0.1, 0.15) is 43.4 Å². The van der Waals surface area contributed by atoms with E-state index in [1.54, 1.807) is 6.20 Å². The number of rotatable bonds is 7. The van der Waals surface area contributed by atoms with Crippen molar-refractivity contribution in [2.24, 2.45) is 0 Å². The van der Waals surface area contributed by atoms with Crippen LogP contribution in [0.5, 0.6) is 0 Å². The van der Waals surface area contributed by atoms with Gasteiger partial charge in [-0.2, -0.15) is 0 Å². The summed E-state index contributed by atoms with van der Waals surface area (Å²) in [5.41, 5.74) is 2.16. The van der Waals surface area contributed by atoms with Gasteiger partial charge in [-0.1, -0.05) is 65.7 Å². The number of nitrogens with zero attached hydrogens (tertiary/aromatic N) is 3. The molecule has 2 heterocycles. The number of aromatic nitrogens is 1. The number of carbonyl (C=O) groups is 1. The number of anilines is 1. The average Bonchev–Trinajstić information content (AvgIpc) is 2.86.